The van der Waals surface area contributed by atoms with Crippen molar-refractivity contribution in [3.05, 3.63) is 0 Å². The van der Waals surface area contributed by atoms with E-state index in [4.69, 9.17) is 4.74 Å². The Balaban J connectivity index is 2.50. The zero-order valence-corrected chi connectivity index (χ0v) is 11.1. The van der Waals surface area contributed by atoms with Gasteiger partial charge in [-0.1, -0.05) is 0 Å². The van der Waals surface area contributed by atoms with Crippen LogP contribution in [0.5, 0.6) is 0 Å². The summed E-state index contributed by atoms with van der Waals surface area (Å²) in [6, 6.07) is -0.860. The highest BCUT2D eigenvalue weighted by atomic mass is 16.5. The maximum absolute atomic E-state index is 11.8. The first-order valence-corrected chi connectivity index (χ1v) is 6.15. The van der Waals surface area contributed by atoms with Crippen molar-refractivity contribution >= 4 is 17.8 Å². The lowest BCUT2D eigenvalue weighted by Gasteiger charge is -2.18. The van der Waals surface area contributed by atoms with Crippen molar-refractivity contribution in [2.24, 2.45) is 0 Å². The van der Waals surface area contributed by atoms with Crippen LogP contribution in [0.15, 0.2) is 0 Å². The van der Waals surface area contributed by atoms with E-state index in [-0.39, 0.29) is 18.7 Å². The van der Waals surface area contributed by atoms with E-state index in [2.05, 4.69) is 14.8 Å². The number of carbonyl (C=O) groups is 3. The number of methoxy groups -OCH3 is 2. The topological polar surface area (TPSA) is 90.9 Å². The van der Waals surface area contributed by atoms with Crippen molar-refractivity contribution < 1.29 is 28.6 Å². The van der Waals surface area contributed by atoms with Crippen molar-refractivity contribution in [1.29, 1.82) is 0 Å². The molecule has 7 heteroatoms. The van der Waals surface area contributed by atoms with Crippen molar-refractivity contribution in [2.45, 2.75) is 37.8 Å². The van der Waals surface area contributed by atoms with Crippen LogP contribution in [0.2, 0.25) is 0 Å². The molecule has 1 rings (SSSR count). The van der Waals surface area contributed by atoms with Gasteiger partial charge in [0.1, 0.15) is 12.1 Å². The molecular formula is C12H19NO6. The van der Waals surface area contributed by atoms with Gasteiger partial charge in [0.25, 0.3) is 0 Å². The summed E-state index contributed by atoms with van der Waals surface area (Å²) in [5.74, 6) is -1.38. The van der Waals surface area contributed by atoms with Crippen molar-refractivity contribution in [1.82, 2.24) is 5.32 Å². The molecule has 0 unspecified atom stereocenters. The van der Waals surface area contributed by atoms with Crippen LogP contribution >= 0.6 is 0 Å². The van der Waals surface area contributed by atoms with Crippen LogP contribution in [0.25, 0.3) is 0 Å². The van der Waals surface area contributed by atoms with Gasteiger partial charge in [-0.05, 0) is 19.3 Å². The Labute approximate surface area is 111 Å². The second kappa shape index (κ2) is 7.73. The summed E-state index contributed by atoms with van der Waals surface area (Å²) in [5.41, 5.74) is 0. The van der Waals surface area contributed by atoms with Crippen LogP contribution < -0.4 is 5.32 Å². The second-order valence-corrected chi connectivity index (χ2v) is 4.20. The molecule has 0 bridgehead atoms. The molecular weight excluding hydrogens is 254 g/mol. The molecule has 1 heterocycles. The monoisotopic (exact) mass is 273 g/mol. The predicted octanol–water partition coefficient (Wildman–Crippen LogP) is -0.224. The average Bonchev–Trinajstić information content (AvgIpc) is 2.95. The lowest BCUT2D eigenvalue weighted by atomic mass is 10.1. The van der Waals surface area contributed by atoms with E-state index in [1.54, 1.807) is 0 Å². The number of amides is 1. The van der Waals surface area contributed by atoms with Gasteiger partial charge in [-0.2, -0.15) is 0 Å². The number of nitrogens with one attached hydrogen (secondary N) is 1. The first kappa shape index (κ1) is 15.4. The zero-order valence-electron chi connectivity index (χ0n) is 11.1. The largest absolute Gasteiger partial charge is 0.469 e. The van der Waals surface area contributed by atoms with E-state index in [1.807, 2.05) is 0 Å². The first-order valence-electron chi connectivity index (χ1n) is 6.15. The molecule has 1 aliphatic heterocycles. The number of esters is 2. The smallest absolute Gasteiger partial charge is 0.328 e. The fourth-order valence-electron chi connectivity index (χ4n) is 1.80. The van der Waals surface area contributed by atoms with Crippen molar-refractivity contribution in [2.75, 3.05) is 20.8 Å². The van der Waals surface area contributed by atoms with Gasteiger partial charge < -0.3 is 19.5 Å². The zero-order chi connectivity index (χ0) is 14.3. The van der Waals surface area contributed by atoms with Crippen molar-refractivity contribution in [3.8, 4) is 0 Å². The molecule has 108 valence electrons. The Morgan fingerprint density at radius 1 is 1.32 bits per heavy atom. The van der Waals surface area contributed by atoms with E-state index in [1.165, 1.54) is 14.2 Å². The van der Waals surface area contributed by atoms with Gasteiger partial charge >= 0.3 is 11.9 Å². The molecule has 1 amide bonds. The summed E-state index contributed by atoms with van der Waals surface area (Å²) in [6.07, 6.45) is 1.10. The number of ether oxygens (including phenoxy) is 3. The van der Waals surface area contributed by atoms with Gasteiger partial charge in [0, 0.05) is 13.0 Å². The minimum absolute atomic E-state index is 0.0298. The fourth-order valence-corrected chi connectivity index (χ4v) is 1.80. The average molecular weight is 273 g/mol. The lowest BCUT2D eigenvalue weighted by Crippen LogP contribution is -2.46. The maximum Gasteiger partial charge on any atom is 0.328 e. The Bertz CT molecular complexity index is 337. The molecule has 1 aliphatic rings. The molecule has 0 aromatic rings. The molecule has 0 aliphatic carbocycles. The Morgan fingerprint density at radius 2 is 2.05 bits per heavy atom. The van der Waals surface area contributed by atoms with Gasteiger partial charge in [-0.15, -0.1) is 0 Å². The highest BCUT2D eigenvalue weighted by Gasteiger charge is 2.29. The molecule has 0 aromatic heterocycles. The van der Waals surface area contributed by atoms with Gasteiger partial charge in [0.05, 0.1) is 14.2 Å². The predicted molar refractivity (Wildman–Crippen MR) is 64.2 cm³/mol. The molecule has 19 heavy (non-hydrogen) atoms. The summed E-state index contributed by atoms with van der Waals surface area (Å²) in [7, 11) is 2.49. The molecule has 1 N–H and O–H groups in total. The number of hydrogen-bond donors (Lipinski definition) is 1. The van der Waals surface area contributed by atoms with E-state index in [0.717, 1.165) is 6.42 Å². The lowest BCUT2D eigenvalue weighted by molar-refractivity contribution is -0.147. The van der Waals surface area contributed by atoms with Gasteiger partial charge in [-0.25, -0.2) is 4.79 Å². The molecule has 0 aromatic carbocycles. The van der Waals surface area contributed by atoms with Crippen LogP contribution in [0.1, 0.15) is 25.7 Å². The van der Waals surface area contributed by atoms with Crippen LogP contribution in [-0.4, -0.2) is 50.8 Å². The molecule has 1 saturated heterocycles. The molecule has 1 fully saturated rings. The van der Waals surface area contributed by atoms with Crippen LogP contribution in [0.4, 0.5) is 0 Å². The normalized spacial score (nSPS) is 19.6. The number of carbonyl (C=O) groups excluding carboxylic acids is 3. The van der Waals surface area contributed by atoms with Gasteiger partial charge in [-0.3, -0.25) is 9.59 Å². The number of rotatable bonds is 6. The third-order valence-corrected chi connectivity index (χ3v) is 2.89. The quantitative estimate of drug-likeness (QED) is 0.673. The van der Waals surface area contributed by atoms with Crippen LogP contribution in [0.3, 0.4) is 0 Å². The van der Waals surface area contributed by atoms with Gasteiger partial charge in [0.15, 0.2) is 0 Å². The second-order valence-electron chi connectivity index (χ2n) is 4.20. The Kier molecular flexibility index (Phi) is 6.27. The molecule has 0 saturated carbocycles. The van der Waals surface area contributed by atoms with Crippen LogP contribution in [-0.2, 0) is 28.6 Å². The highest BCUT2D eigenvalue weighted by Crippen LogP contribution is 2.12. The summed E-state index contributed by atoms with van der Waals surface area (Å²) in [4.78, 5) is 34.4. The van der Waals surface area contributed by atoms with E-state index >= 15 is 0 Å². The minimum Gasteiger partial charge on any atom is -0.469 e. The van der Waals surface area contributed by atoms with E-state index in [9.17, 15) is 14.4 Å². The van der Waals surface area contributed by atoms with Crippen molar-refractivity contribution in [3.63, 3.8) is 0 Å². The van der Waals surface area contributed by atoms with E-state index in [0.29, 0.717) is 13.0 Å². The Morgan fingerprint density at radius 3 is 2.58 bits per heavy atom. The third-order valence-electron chi connectivity index (χ3n) is 2.89. The maximum atomic E-state index is 11.8. The van der Waals surface area contributed by atoms with Gasteiger partial charge in [0.2, 0.25) is 5.91 Å². The number of hydrogen-bond acceptors (Lipinski definition) is 6. The highest BCUT2D eigenvalue weighted by molar-refractivity contribution is 5.87. The summed E-state index contributed by atoms with van der Waals surface area (Å²) < 4.78 is 14.3. The fraction of sp³-hybridized carbons (Fsp3) is 0.750. The molecule has 0 radical (unpaired) electrons. The Hall–Kier alpha value is -1.63. The van der Waals surface area contributed by atoms with E-state index < -0.39 is 24.1 Å². The standard InChI is InChI=1S/C12H19NO6/c1-17-10(14)6-5-8(12(16)18-2)13-11(15)9-4-3-7-19-9/h8-9H,3-7H2,1-2H3,(H,13,15)/t8-,9+/m1/s1. The molecule has 0 spiro atoms. The van der Waals surface area contributed by atoms with Crippen LogP contribution in [0, 0.1) is 0 Å². The third kappa shape index (κ3) is 4.86. The SMILES string of the molecule is COC(=O)CC[C@@H](NC(=O)[C@@H]1CCCO1)C(=O)OC. The molecule has 2 atom stereocenters. The summed E-state index contributed by atoms with van der Waals surface area (Å²) in [6.45, 7) is 0.545. The minimum atomic E-state index is -0.860. The molecule has 7 nitrogen and oxygen atoms in total. The summed E-state index contributed by atoms with van der Waals surface area (Å²) >= 11 is 0. The summed E-state index contributed by atoms with van der Waals surface area (Å²) in [5, 5.41) is 2.54. The first-order chi connectivity index (χ1) is 9.08.